The van der Waals surface area contributed by atoms with Crippen LogP contribution in [0.15, 0.2) is 60.5 Å². The predicted octanol–water partition coefficient (Wildman–Crippen LogP) is 5.05. The minimum absolute atomic E-state index is 0.0724. The van der Waals surface area contributed by atoms with Gasteiger partial charge in [-0.15, -0.1) is 0 Å². The van der Waals surface area contributed by atoms with Gasteiger partial charge in [-0.2, -0.15) is 5.26 Å². The number of allylic oxidation sites excluding steroid dienone is 2. The predicted molar refractivity (Wildman–Crippen MR) is 123 cm³/mol. The number of rotatable bonds is 9. The van der Waals surface area contributed by atoms with Gasteiger partial charge in [0.05, 0.1) is 18.7 Å². The van der Waals surface area contributed by atoms with Gasteiger partial charge in [0.25, 0.3) is 0 Å². The molecule has 2 aromatic carbocycles. The number of nitriles is 1. The van der Waals surface area contributed by atoms with Crippen LogP contribution in [0.3, 0.4) is 0 Å². The quantitative estimate of drug-likeness (QED) is 0.181. The van der Waals surface area contributed by atoms with Crippen molar-refractivity contribution in [2.45, 2.75) is 26.3 Å². The third-order valence-corrected chi connectivity index (χ3v) is 5.21. The lowest BCUT2D eigenvalue weighted by molar-refractivity contribution is -0.104. The van der Waals surface area contributed by atoms with Crippen LogP contribution in [0.4, 0.5) is 0 Å². The smallest absolute Gasteiger partial charge is 0.160 e. The molecule has 6 heteroatoms. The fourth-order valence-electron chi connectivity index (χ4n) is 3.22. The number of benzene rings is 2. The molecule has 0 radical (unpaired) electrons. The average Bonchev–Trinajstić information content (AvgIpc) is 2.75. The Morgan fingerprint density at radius 3 is 2.61 bits per heavy atom. The standard InChI is InChI=1S/C25H25ClN2O3/c1-17(12-19-6-5-7-20(13-19)15-27)28(3)16-25(31-4)23(10-11-29)24-14-21(26)8-9-22(24)18(2)30/h5-11,13-14,16-17H,12H2,1-4H3/b23-10-,25-16+. The van der Waals surface area contributed by atoms with Crippen LogP contribution in [0.5, 0.6) is 0 Å². The average molecular weight is 437 g/mol. The second-order valence-electron chi connectivity index (χ2n) is 7.19. The second-order valence-corrected chi connectivity index (χ2v) is 7.63. The summed E-state index contributed by atoms with van der Waals surface area (Å²) in [6.07, 6.45) is 4.52. The number of halogens is 1. The van der Waals surface area contributed by atoms with Gasteiger partial charge in [0.15, 0.2) is 5.78 Å². The first-order chi connectivity index (χ1) is 14.8. The summed E-state index contributed by atoms with van der Waals surface area (Å²) < 4.78 is 5.60. The van der Waals surface area contributed by atoms with Crippen molar-refractivity contribution >= 4 is 29.2 Å². The number of ketones is 1. The van der Waals surface area contributed by atoms with Crippen LogP contribution in [0.25, 0.3) is 5.57 Å². The number of likely N-dealkylation sites (N-methyl/N-ethyl adjacent to an activating group) is 1. The van der Waals surface area contributed by atoms with E-state index in [2.05, 4.69) is 6.07 Å². The number of carbonyl (C=O) groups is 2. The molecule has 0 spiro atoms. The molecule has 0 heterocycles. The Morgan fingerprint density at radius 1 is 1.26 bits per heavy atom. The summed E-state index contributed by atoms with van der Waals surface area (Å²) in [4.78, 5) is 25.5. The third kappa shape index (κ3) is 6.31. The zero-order valence-corrected chi connectivity index (χ0v) is 18.8. The Kier molecular flexibility index (Phi) is 8.60. The maximum atomic E-state index is 12.1. The largest absolute Gasteiger partial charge is 0.495 e. The molecule has 0 amide bonds. The van der Waals surface area contributed by atoms with Crippen molar-refractivity contribution in [1.82, 2.24) is 4.90 Å². The Labute approximate surface area is 188 Å². The van der Waals surface area contributed by atoms with E-state index in [4.69, 9.17) is 21.6 Å². The van der Waals surface area contributed by atoms with Crippen LogP contribution in [-0.4, -0.2) is 37.2 Å². The van der Waals surface area contributed by atoms with E-state index in [0.717, 1.165) is 5.56 Å². The van der Waals surface area contributed by atoms with Gasteiger partial charge < -0.3 is 9.64 Å². The fraction of sp³-hybridized carbons (Fsp3) is 0.240. The summed E-state index contributed by atoms with van der Waals surface area (Å²) in [5.74, 6) is 0.287. The Morgan fingerprint density at radius 2 is 2.00 bits per heavy atom. The molecule has 0 aliphatic rings. The molecule has 0 aromatic heterocycles. The number of carbonyl (C=O) groups excluding carboxylic acids is 2. The van der Waals surface area contributed by atoms with E-state index in [1.807, 2.05) is 37.1 Å². The van der Waals surface area contributed by atoms with Gasteiger partial charge in [-0.1, -0.05) is 23.7 Å². The molecule has 31 heavy (non-hydrogen) atoms. The molecule has 0 fully saturated rings. The fourth-order valence-corrected chi connectivity index (χ4v) is 3.39. The van der Waals surface area contributed by atoms with Crippen molar-refractivity contribution in [2.75, 3.05) is 14.2 Å². The number of ether oxygens (including phenoxy) is 1. The Bertz CT molecular complexity index is 1070. The molecular formula is C25H25ClN2O3. The molecule has 2 rings (SSSR count). The summed E-state index contributed by atoms with van der Waals surface area (Å²) >= 11 is 6.16. The monoisotopic (exact) mass is 436 g/mol. The summed E-state index contributed by atoms with van der Waals surface area (Å²) in [6, 6.07) is 14.6. The van der Waals surface area contributed by atoms with Crippen LogP contribution in [0.2, 0.25) is 5.02 Å². The summed E-state index contributed by atoms with van der Waals surface area (Å²) in [7, 11) is 3.41. The molecule has 2 aromatic rings. The minimum atomic E-state index is -0.141. The van der Waals surface area contributed by atoms with Gasteiger partial charge >= 0.3 is 0 Å². The maximum Gasteiger partial charge on any atom is 0.160 e. The highest BCUT2D eigenvalue weighted by atomic mass is 35.5. The van der Waals surface area contributed by atoms with Gasteiger partial charge in [-0.3, -0.25) is 9.59 Å². The summed E-state index contributed by atoms with van der Waals surface area (Å²) in [5, 5.41) is 9.55. The van der Waals surface area contributed by atoms with Gasteiger partial charge in [0.2, 0.25) is 0 Å². The zero-order chi connectivity index (χ0) is 23.0. The highest BCUT2D eigenvalue weighted by Gasteiger charge is 2.18. The molecule has 0 saturated heterocycles. The molecule has 0 saturated carbocycles. The summed E-state index contributed by atoms with van der Waals surface area (Å²) in [5.41, 5.74) is 3.11. The van der Waals surface area contributed by atoms with Gasteiger partial charge in [0.1, 0.15) is 12.0 Å². The lowest BCUT2D eigenvalue weighted by Gasteiger charge is -2.25. The topological polar surface area (TPSA) is 70.4 Å². The van der Waals surface area contributed by atoms with E-state index in [1.54, 1.807) is 30.5 Å². The minimum Gasteiger partial charge on any atom is -0.495 e. The molecule has 0 bridgehead atoms. The Balaban J connectivity index is 2.39. The number of methoxy groups -OCH3 is 1. The van der Waals surface area contributed by atoms with E-state index in [-0.39, 0.29) is 11.8 Å². The molecule has 160 valence electrons. The van der Waals surface area contributed by atoms with Crippen molar-refractivity contribution in [1.29, 1.82) is 5.26 Å². The summed E-state index contributed by atoms with van der Waals surface area (Å²) in [6.45, 7) is 3.51. The first-order valence-electron chi connectivity index (χ1n) is 9.74. The first kappa shape index (κ1) is 23.9. The van der Waals surface area contributed by atoms with Gasteiger partial charge in [0, 0.05) is 35.4 Å². The van der Waals surface area contributed by atoms with E-state index < -0.39 is 0 Å². The van der Waals surface area contributed by atoms with Crippen molar-refractivity contribution in [2.24, 2.45) is 0 Å². The number of Topliss-reactive ketones (excluding diaryl/α,β-unsaturated/α-hetero) is 1. The zero-order valence-electron chi connectivity index (χ0n) is 18.1. The first-order valence-corrected chi connectivity index (χ1v) is 10.1. The molecule has 1 atom stereocenters. The van der Waals surface area contributed by atoms with Gasteiger partial charge in [-0.05, 0) is 67.8 Å². The van der Waals surface area contributed by atoms with Gasteiger partial charge in [-0.25, -0.2) is 0 Å². The van der Waals surface area contributed by atoms with Crippen LogP contribution in [0.1, 0.15) is 40.9 Å². The molecule has 5 nitrogen and oxygen atoms in total. The lowest BCUT2D eigenvalue weighted by Crippen LogP contribution is -2.26. The van der Waals surface area contributed by atoms with E-state index >= 15 is 0 Å². The SMILES string of the molecule is COC(=C/N(C)C(C)Cc1cccc(C#N)c1)/C(=C\C=O)c1cc(Cl)ccc1C(C)=O. The van der Waals surface area contributed by atoms with E-state index in [0.29, 0.717) is 45.8 Å². The second kappa shape index (κ2) is 11.1. The van der Waals surface area contributed by atoms with E-state index in [1.165, 1.54) is 20.1 Å². The van der Waals surface area contributed by atoms with Crippen LogP contribution < -0.4 is 0 Å². The molecule has 0 N–H and O–H groups in total. The normalized spacial score (nSPS) is 12.6. The Hall–Kier alpha value is -3.36. The number of aldehydes is 1. The van der Waals surface area contributed by atoms with Crippen LogP contribution >= 0.6 is 11.6 Å². The highest BCUT2D eigenvalue weighted by Crippen LogP contribution is 2.30. The number of hydrogen-bond donors (Lipinski definition) is 0. The molecule has 0 aliphatic carbocycles. The molecule has 1 unspecified atom stereocenters. The van der Waals surface area contributed by atoms with E-state index in [9.17, 15) is 9.59 Å². The maximum absolute atomic E-state index is 12.1. The molecule has 0 aliphatic heterocycles. The van der Waals surface area contributed by atoms with Crippen molar-refractivity contribution in [3.8, 4) is 6.07 Å². The molecular weight excluding hydrogens is 412 g/mol. The van der Waals surface area contributed by atoms with Crippen molar-refractivity contribution in [3.05, 3.63) is 87.8 Å². The van der Waals surface area contributed by atoms with Crippen molar-refractivity contribution < 1.29 is 14.3 Å². The highest BCUT2D eigenvalue weighted by molar-refractivity contribution is 6.31. The van der Waals surface area contributed by atoms with Crippen LogP contribution in [-0.2, 0) is 16.0 Å². The van der Waals surface area contributed by atoms with Crippen molar-refractivity contribution in [3.63, 3.8) is 0 Å². The third-order valence-electron chi connectivity index (χ3n) is 4.97. The van der Waals surface area contributed by atoms with Crippen LogP contribution in [0, 0.1) is 11.3 Å². The number of nitrogens with zero attached hydrogens (tertiary/aromatic N) is 2. The number of hydrogen-bond acceptors (Lipinski definition) is 5. The lowest BCUT2D eigenvalue weighted by atomic mass is 9.95.